The van der Waals surface area contributed by atoms with Gasteiger partial charge in [0.2, 0.25) is 0 Å². The average Bonchev–Trinajstić information content (AvgIpc) is 2.40. The zero-order valence-electron chi connectivity index (χ0n) is 12.0. The van der Waals surface area contributed by atoms with Crippen LogP contribution in [0.3, 0.4) is 0 Å². The molecular formula is C16H14ClF2NO2. The number of rotatable bonds is 4. The summed E-state index contributed by atoms with van der Waals surface area (Å²) in [7, 11) is 0. The highest BCUT2D eigenvalue weighted by molar-refractivity contribution is 6.30. The number of nitrogens with one attached hydrogen (secondary N) is 1. The third kappa shape index (κ3) is 4.18. The van der Waals surface area contributed by atoms with Crippen molar-refractivity contribution in [3.05, 3.63) is 59.1 Å². The molecule has 0 radical (unpaired) electrons. The Hall–Kier alpha value is -2.14. The van der Waals surface area contributed by atoms with Crippen LogP contribution in [0.4, 0.5) is 14.5 Å². The predicted molar refractivity (Wildman–Crippen MR) is 81.1 cm³/mol. The van der Waals surface area contributed by atoms with Crippen LogP contribution in [0, 0.1) is 11.6 Å². The van der Waals surface area contributed by atoms with Gasteiger partial charge in [-0.05, 0) is 50.2 Å². The Morgan fingerprint density at radius 2 is 1.64 bits per heavy atom. The van der Waals surface area contributed by atoms with Gasteiger partial charge in [0.1, 0.15) is 17.4 Å². The number of hydrogen-bond donors (Lipinski definition) is 1. The van der Waals surface area contributed by atoms with Crippen LogP contribution in [0.15, 0.2) is 42.5 Å². The van der Waals surface area contributed by atoms with Crippen LogP contribution in [0.5, 0.6) is 5.75 Å². The van der Waals surface area contributed by atoms with Gasteiger partial charge in [0, 0.05) is 16.8 Å². The first-order valence-electron chi connectivity index (χ1n) is 6.48. The molecule has 0 aliphatic carbocycles. The van der Waals surface area contributed by atoms with E-state index in [9.17, 15) is 13.6 Å². The predicted octanol–water partition coefficient (Wildman–Crippen LogP) is 4.41. The van der Waals surface area contributed by atoms with E-state index in [1.54, 1.807) is 38.1 Å². The summed E-state index contributed by atoms with van der Waals surface area (Å²) in [6.07, 6.45) is 0. The molecule has 0 saturated heterocycles. The standard InChI is InChI=1S/C16H14ClF2NO2/c1-16(2,22-14-5-3-10(17)4-6-14)15(21)20-13-8-11(18)7-12(19)9-13/h3-9H,1-2H3,(H,20,21). The van der Waals surface area contributed by atoms with E-state index in [1.807, 2.05) is 0 Å². The smallest absolute Gasteiger partial charge is 0.267 e. The lowest BCUT2D eigenvalue weighted by Crippen LogP contribution is -2.42. The molecule has 0 saturated carbocycles. The van der Waals surface area contributed by atoms with Crippen LogP contribution < -0.4 is 10.1 Å². The molecule has 0 bridgehead atoms. The summed E-state index contributed by atoms with van der Waals surface area (Å²) in [6, 6.07) is 9.29. The van der Waals surface area contributed by atoms with E-state index >= 15 is 0 Å². The number of anilines is 1. The molecule has 1 amide bonds. The second-order valence-electron chi connectivity index (χ2n) is 5.18. The highest BCUT2D eigenvalue weighted by Crippen LogP contribution is 2.22. The molecule has 2 rings (SSSR count). The Labute approximate surface area is 131 Å². The van der Waals surface area contributed by atoms with Crippen LogP contribution >= 0.6 is 11.6 Å². The molecule has 0 aliphatic heterocycles. The van der Waals surface area contributed by atoms with E-state index in [1.165, 1.54) is 0 Å². The largest absolute Gasteiger partial charge is 0.478 e. The van der Waals surface area contributed by atoms with E-state index < -0.39 is 23.1 Å². The third-order valence-electron chi connectivity index (χ3n) is 2.85. The average molecular weight is 326 g/mol. The zero-order valence-corrected chi connectivity index (χ0v) is 12.7. The molecule has 0 heterocycles. The molecular weight excluding hydrogens is 312 g/mol. The number of halogens is 3. The fourth-order valence-electron chi connectivity index (χ4n) is 1.75. The van der Waals surface area contributed by atoms with Crippen molar-refractivity contribution < 1.29 is 18.3 Å². The summed E-state index contributed by atoms with van der Waals surface area (Å²) >= 11 is 5.78. The van der Waals surface area contributed by atoms with E-state index in [0.717, 1.165) is 18.2 Å². The lowest BCUT2D eigenvalue weighted by Gasteiger charge is -2.25. The molecule has 1 N–H and O–H groups in total. The van der Waals surface area contributed by atoms with Gasteiger partial charge < -0.3 is 10.1 Å². The summed E-state index contributed by atoms with van der Waals surface area (Å²) in [6.45, 7) is 3.10. The molecule has 0 unspecified atom stereocenters. The van der Waals surface area contributed by atoms with Gasteiger partial charge in [-0.1, -0.05) is 11.6 Å². The highest BCUT2D eigenvalue weighted by atomic mass is 35.5. The van der Waals surface area contributed by atoms with E-state index in [4.69, 9.17) is 16.3 Å². The third-order valence-corrected chi connectivity index (χ3v) is 3.11. The topological polar surface area (TPSA) is 38.3 Å². The first-order valence-corrected chi connectivity index (χ1v) is 6.86. The molecule has 0 atom stereocenters. The van der Waals surface area contributed by atoms with Crippen LogP contribution in [-0.4, -0.2) is 11.5 Å². The molecule has 22 heavy (non-hydrogen) atoms. The number of amides is 1. The summed E-state index contributed by atoms with van der Waals surface area (Å²) in [4.78, 5) is 12.2. The van der Waals surface area contributed by atoms with Gasteiger partial charge in [0.15, 0.2) is 5.60 Å². The van der Waals surface area contributed by atoms with Crippen molar-refractivity contribution >= 4 is 23.2 Å². The maximum Gasteiger partial charge on any atom is 0.267 e. The quantitative estimate of drug-likeness (QED) is 0.904. The van der Waals surface area contributed by atoms with Gasteiger partial charge in [-0.25, -0.2) is 8.78 Å². The second-order valence-corrected chi connectivity index (χ2v) is 5.61. The maximum absolute atomic E-state index is 13.1. The first kappa shape index (κ1) is 16.2. The Balaban J connectivity index is 2.11. The number of carbonyl (C=O) groups excluding carboxylic acids is 1. The minimum atomic E-state index is -1.24. The van der Waals surface area contributed by atoms with Crippen molar-refractivity contribution in [2.75, 3.05) is 5.32 Å². The molecule has 0 aromatic heterocycles. The molecule has 0 aliphatic rings. The number of carbonyl (C=O) groups is 1. The van der Waals surface area contributed by atoms with Crippen LogP contribution in [0.1, 0.15) is 13.8 Å². The normalized spacial score (nSPS) is 11.1. The van der Waals surface area contributed by atoms with Gasteiger partial charge in [-0.15, -0.1) is 0 Å². The fraction of sp³-hybridized carbons (Fsp3) is 0.188. The Bertz CT molecular complexity index is 667. The summed E-state index contributed by atoms with van der Waals surface area (Å²) in [5.74, 6) is -1.62. The van der Waals surface area contributed by atoms with E-state index in [2.05, 4.69) is 5.32 Å². The van der Waals surface area contributed by atoms with Gasteiger partial charge in [-0.3, -0.25) is 4.79 Å². The Morgan fingerprint density at radius 1 is 1.09 bits per heavy atom. The molecule has 2 aromatic carbocycles. The summed E-state index contributed by atoms with van der Waals surface area (Å²) in [5, 5.41) is 2.97. The minimum absolute atomic E-state index is 0.0234. The van der Waals surface area contributed by atoms with Crippen molar-refractivity contribution in [1.29, 1.82) is 0 Å². The Kier molecular flexibility index (Phi) is 4.66. The van der Waals surface area contributed by atoms with Crippen molar-refractivity contribution in [1.82, 2.24) is 0 Å². The molecule has 6 heteroatoms. The van der Waals surface area contributed by atoms with Gasteiger partial charge in [-0.2, -0.15) is 0 Å². The molecule has 116 valence electrons. The lowest BCUT2D eigenvalue weighted by molar-refractivity contribution is -0.128. The van der Waals surface area contributed by atoms with E-state index in [0.29, 0.717) is 10.8 Å². The zero-order chi connectivity index (χ0) is 16.3. The van der Waals surface area contributed by atoms with Crippen molar-refractivity contribution in [3.8, 4) is 5.75 Å². The first-order chi connectivity index (χ1) is 10.3. The highest BCUT2D eigenvalue weighted by Gasteiger charge is 2.30. The Morgan fingerprint density at radius 3 is 2.18 bits per heavy atom. The van der Waals surface area contributed by atoms with Crippen LogP contribution in [-0.2, 0) is 4.79 Å². The van der Waals surface area contributed by atoms with Gasteiger partial charge in [0.05, 0.1) is 0 Å². The monoisotopic (exact) mass is 325 g/mol. The molecule has 2 aromatic rings. The van der Waals surface area contributed by atoms with Crippen molar-refractivity contribution in [2.24, 2.45) is 0 Å². The second kappa shape index (κ2) is 6.32. The van der Waals surface area contributed by atoms with Crippen molar-refractivity contribution in [2.45, 2.75) is 19.4 Å². The van der Waals surface area contributed by atoms with Crippen LogP contribution in [0.25, 0.3) is 0 Å². The number of benzene rings is 2. The lowest BCUT2D eigenvalue weighted by atomic mass is 10.1. The molecule has 3 nitrogen and oxygen atoms in total. The van der Waals surface area contributed by atoms with Gasteiger partial charge >= 0.3 is 0 Å². The molecule has 0 spiro atoms. The van der Waals surface area contributed by atoms with E-state index in [-0.39, 0.29) is 5.69 Å². The minimum Gasteiger partial charge on any atom is -0.478 e. The summed E-state index contributed by atoms with van der Waals surface area (Å²) in [5.41, 5.74) is -1.22. The van der Waals surface area contributed by atoms with Gasteiger partial charge in [0.25, 0.3) is 5.91 Å². The SMILES string of the molecule is CC(C)(Oc1ccc(Cl)cc1)C(=O)Nc1cc(F)cc(F)c1. The molecule has 0 fully saturated rings. The maximum atomic E-state index is 13.1. The summed E-state index contributed by atoms with van der Waals surface area (Å²) < 4.78 is 31.8. The fourth-order valence-corrected chi connectivity index (χ4v) is 1.88. The number of ether oxygens (including phenoxy) is 1. The number of hydrogen-bond acceptors (Lipinski definition) is 2. The van der Waals surface area contributed by atoms with Crippen molar-refractivity contribution in [3.63, 3.8) is 0 Å². The van der Waals surface area contributed by atoms with Crippen LogP contribution in [0.2, 0.25) is 5.02 Å².